The molecule has 0 aliphatic carbocycles. The molecular weight excluding hydrogens is 206 g/mol. The Hall–Kier alpha value is -1.55. The average molecular weight is 223 g/mol. The molecule has 1 aromatic carbocycles. The van der Waals surface area contributed by atoms with Gasteiger partial charge in [-0.25, -0.2) is 4.79 Å². The van der Waals surface area contributed by atoms with E-state index in [1.54, 1.807) is 18.2 Å². The van der Waals surface area contributed by atoms with Gasteiger partial charge in [0.2, 0.25) is 0 Å². The summed E-state index contributed by atoms with van der Waals surface area (Å²) in [5.41, 5.74) is 7.52. The number of rotatable bonds is 4. The molecule has 1 atom stereocenters. The fraction of sp³-hybridized carbons (Fsp3) is 0.417. The van der Waals surface area contributed by atoms with Crippen LogP contribution in [0, 0.1) is 12.8 Å². The number of benzene rings is 1. The molecule has 0 aliphatic heterocycles. The van der Waals surface area contributed by atoms with E-state index in [2.05, 4.69) is 0 Å². The van der Waals surface area contributed by atoms with Crippen LogP contribution in [0.25, 0.3) is 0 Å². The summed E-state index contributed by atoms with van der Waals surface area (Å²) in [5, 5.41) is 8.80. The number of aryl methyl sites for hydroxylation is 1. The molecule has 0 heterocycles. The maximum Gasteiger partial charge on any atom is 0.338 e. The maximum atomic E-state index is 11.7. The molecule has 0 radical (unpaired) electrons. The Labute approximate surface area is 95.0 Å². The largest absolute Gasteiger partial charge is 0.462 e. The second-order valence-electron chi connectivity index (χ2n) is 3.96. The van der Waals surface area contributed by atoms with Crippen molar-refractivity contribution in [1.29, 1.82) is 0 Å². The number of aliphatic hydroxyl groups excluding tert-OH is 1. The van der Waals surface area contributed by atoms with E-state index in [4.69, 9.17) is 15.6 Å². The molecule has 4 nitrogen and oxygen atoms in total. The summed E-state index contributed by atoms with van der Waals surface area (Å²) in [6.45, 7) is 3.85. The van der Waals surface area contributed by atoms with Crippen LogP contribution in [0.2, 0.25) is 0 Å². The van der Waals surface area contributed by atoms with E-state index in [0.717, 1.165) is 5.56 Å². The molecule has 0 bridgehead atoms. The predicted molar refractivity (Wildman–Crippen MR) is 62.1 cm³/mol. The molecule has 0 saturated heterocycles. The number of nitrogens with two attached hydrogens (primary N) is 1. The number of anilines is 1. The summed E-state index contributed by atoms with van der Waals surface area (Å²) in [5.74, 6) is -0.421. The maximum absolute atomic E-state index is 11.7. The second-order valence-corrected chi connectivity index (χ2v) is 3.96. The van der Waals surface area contributed by atoms with Crippen molar-refractivity contribution >= 4 is 11.7 Å². The molecule has 0 saturated carbocycles. The van der Waals surface area contributed by atoms with Gasteiger partial charge in [0.25, 0.3) is 0 Å². The summed E-state index contributed by atoms with van der Waals surface area (Å²) < 4.78 is 5.06. The van der Waals surface area contributed by atoms with Crippen molar-refractivity contribution in [2.45, 2.75) is 13.8 Å². The zero-order valence-corrected chi connectivity index (χ0v) is 9.56. The standard InChI is InChI=1S/C12H17NO3/c1-8(6-14)7-16-12(15)11-4-3-10(13)5-9(11)2/h3-5,8,14H,6-7,13H2,1-2H3. The summed E-state index contributed by atoms with van der Waals surface area (Å²) in [6.07, 6.45) is 0. The van der Waals surface area contributed by atoms with E-state index in [0.29, 0.717) is 11.3 Å². The molecule has 0 spiro atoms. The number of aliphatic hydroxyl groups is 1. The zero-order valence-electron chi connectivity index (χ0n) is 9.56. The van der Waals surface area contributed by atoms with E-state index in [9.17, 15) is 4.79 Å². The van der Waals surface area contributed by atoms with Crippen molar-refractivity contribution in [3.63, 3.8) is 0 Å². The normalized spacial score (nSPS) is 12.2. The summed E-state index contributed by atoms with van der Waals surface area (Å²) in [7, 11) is 0. The molecule has 16 heavy (non-hydrogen) atoms. The SMILES string of the molecule is Cc1cc(N)ccc1C(=O)OCC(C)CO. The third kappa shape index (κ3) is 3.24. The van der Waals surface area contributed by atoms with Crippen LogP contribution in [0.4, 0.5) is 5.69 Å². The highest BCUT2D eigenvalue weighted by atomic mass is 16.5. The van der Waals surface area contributed by atoms with E-state index in [-0.39, 0.29) is 25.1 Å². The first-order chi connectivity index (χ1) is 7.54. The molecule has 0 amide bonds. The zero-order chi connectivity index (χ0) is 12.1. The van der Waals surface area contributed by atoms with E-state index in [1.807, 2.05) is 13.8 Å². The molecule has 0 aromatic heterocycles. The van der Waals surface area contributed by atoms with Gasteiger partial charge in [-0.05, 0) is 30.7 Å². The van der Waals surface area contributed by atoms with Gasteiger partial charge in [-0.3, -0.25) is 0 Å². The van der Waals surface area contributed by atoms with Gasteiger partial charge < -0.3 is 15.6 Å². The predicted octanol–water partition coefficient (Wildman–Crippen LogP) is 1.36. The molecule has 0 fully saturated rings. The lowest BCUT2D eigenvalue weighted by Crippen LogP contribution is -2.15. The van der Waals surface area contributed by atoms with Crippen molar-refractivity contribution in [3.8, 4) is 0 Å². The highest BCUT2D eigenvalue weighted by molar-refractivity contribution is 5.91. The lowest BCUT2D eigenvalue weighted by molar-refractivity contribution is 0.0404. The highest BCUT2D eigenvalue weighted by Gasteiger charge is 2.11. The number of carbonyl (C=O) groups is 1. The third-order valence-corrected chi connectivity index (χ3v) is 2.28. The van der Waals surface area contributed by atoms with Gasteiger partial charge in [0.05, 0.1) is 12.2 Å². The van der Waals surface area contributed by atoms with Crippen LogP contribution in [-0.2, 0) is 4.74 Å². The van der Waals surface area contributed by atoms with Crippen LogP contribution >= 0.6 is 0 Å². The van der Waals surface area contributed by atoms with E-state index < -0.39 is 0 Å². The number of esters is 1. The molecule has 3 N–H and O–H groups in total. The van der Waals surface area contributed by atoms with Gasteiger partial charge in [0, 0.05) is 18.2 Å². The Morgan fingerprint density at radius 1 is 1.56 bits per heavy atom. The first-order valence-corrected chi connectivity index (χ1v) is 5.18. The number of carbonyl (C=O) groups excluding carboxylic acids is 1. The van der Waals surface area contributed by atoms with Crippen molar-refractivity contribution in [2.24, 2.45) is 5.92 Å². The number of hydrogen-bond acceptors (Lipinski definition) is 4. The first-order valence-electron chi connectivity index (χ1n) is 5.18. The van der Waals surface area contributed by atoms with Crippen molar-refractivity contribution < 1.29 is 14.6 Å². The lowest BCUT2D eigenvalue weighted by Gasteiger charge is -2.10. The molecule has 88 valence electrons. The van der Waals surface area contributed by atoms with Gasteiger partial charge in [0.1, 0.15) is 0 Å². The van der Waals surface area contributed by atoms with Crippen LogP contribution in [0.3, 0.4) is 0 Å². The van der Waals surface area contributed by atoms with Gasteiger partial charge in [-0.1, -0.05) is 6.92 Å². The number of ether oxygens (including phenoxy) is 1. The van der Waals surface area contributed by atoms with Gasteiger partial charge in [-0.15, -0.1) is 0 Å². The minimum atomic E-state index is -0.377. The smallest absolute Gasteiger partial charge is 0.338 e. The monoisotopic (exact) mass is 223 g/mol. The molecule has 0 aliphatic rings. The van der Waals surface area contributed by atoms with E-state index in [1.165, 1.54) is 0 Å². The van der Waals surface area contributed by atoms with Crippen molar-refractivity contribution in [1.82, 2.24) is 0 Å². The Morgan fingerprint density at radius 2 is 2.25 bits per heavy atom. The summed E-state index contributed by atoms with van der Waals surface area (Å²) in [6, 6.07) is 5.04. The Balaban J connectivity index is 2.66. The Kier molecular flexibility index (Phi) is 4.31. The third-order valence-electron chi connectivity index (χ3n) is 2.28. The van der Waals surface area contributed by atoms with E-state index >= 15 is 0 Å². The molecular formula is C12H17NO3. The summed E-state index contributed by atoms with van der Waals surface area (Å²) >= 11 is 0. The van der Waals surface area contributed by atoms with Crippen LogP contribution < -0.4 is 5.73 Å². The minimum Gasteiger partial charge on any atom is -0.462 e. The molecule has 1 rings (SSSR count). The highest BCUT2D eigenvalue weighted by Crippen LogP contribution is 2.13. The topological polar surface area (TPSA) is 72.6 Å². The molecule has 1 unspecified atom stereocenters. The van der Waals surface area contributed by atoms with Gasteiger partial charge in [-0.2, -0.15) is 0 Å². The second kappa shape index (κ2) is 5.51. The van der Waals surface area contributed by atoms with Crippen molar-refractivity contribution in [2.75, 3.05) is 18.9 Å². The van der Waals surface area contributed by atoms with Gasteiger partial charge in [0.15, 0.2) is 0 Å². The quantitative estimate of drug-likeness (QED) is 0.597. The lowest BCUT2D eigenvalue weighted by atomic mass is 10.1. The fourth-order valence-electron chi connectivity index (χ4n) is 1.26. The molecule has 4 heteroatoms. The minimum absolute atomic E-state index is 0.00794. The Morgan fingerprint density at radius 3 is 2.81 bits per heavy atom. The Bertz CT molecular complexity index is 377. The van der Waals surface area contributed by atoms with Crippen LogP contribution in [-0.4, -0.2) is 24.3 Å². The number of nitrogen functional groups attached to an aromatic ring is 1. The van der Waals surface area contributed by atoms with Crippen LogP contribution in [0.5, 0.6) is 0 Å². The van der Waals surface area contributed by atoms with Crippen LogP contribution in [0.1, 0.15) is 22.8 Å². The van der Waals surface area contributed by atoms with Gasteiger partial charge >= 0.3 is 5.97 Å². The summed E-state index contributed by atoms with van der Waals surface area (Å²) in [4.78, 5) is 11.7. The number of hydrogen-bond donors (Lipinski definition) is 2. The molecule has 1 aromatic rings. The van der Waals surface area contributed by atoms with Crippen LogP contribution in [0.15, 0.2) is 18.2 Å². The van der Waals surface area contributed by atoms with Crippen molar-refractivity contribution in [3.05, 3.63) is 29.3 Å². The first kappa shape index (κ1) is 12.5. The average Bonchev–Trinajstić information content (AvgIpc) is 2.25. The fourth-order valence-corrected chi connectivity index (χ4v) is 1.26.